The van der Waals surface area contributed by atoms with Crippen molar-refractivity contribution >= 4 is 29.9 Å². The topological polar surface area (TPSA) is 45.7 Å². The average Bonchev–Trinajstić information content (AvgIpc) is 3.18. The molecule has 118 valence electrons. The van der Waals surface area contributed by atoms with Crippen LogP contribution in [0.5, 0.6) is 0 Å². The SMILES string of the molecule is CCNC(=NCCOC)NC1CC1c1cccc(F)c1.I. The van der Waals surface area contributed by atoms with Gasteiger partial charge in [-0.15, -0.1) is 24.0 Å². The minimum absolute atomic E-state index is 0. The zero-order valence-electron chi connectivity index (χ0n) is 12.4. The molecule has 1 aliphatic carbocycles. The largest absolute Gasteiger partial charge is 0.383 e. The lowest BCUT2D eigenvalue weighted by Crippen LogP contribution is -2.39. The Morgan fingerprint density at radius 1 is 1.48 bits per heavy atom. The Balaban J connectivity index is 0.00000220. The van der Waals surface area contributed by atoms with Crippen LogP contribution < -0.4 is 10.6 Å². The number of methoxy groups -OCH3 is 1. The van der Waals surface area contributed by atoms with E-state index < -0.39 is 0 Å². The molecule has 6 heteroatoms. The fourth-order valence-corrected chi connectivity index (χ4v) is 2.20. The predicted octanol–water partition coefficient (Wildman–Crippen LogP) is 2.50. The van der Waals surface area contributed by atoms with Gasteiger partial charge in [0.1, 0.15) is 5.82 Å². The highest BCUT2D eigenvalue weighted by Crippen LogP contribution is 2.40. The molecule has 21 heavy (non-hydrogen) atoms. The standard InChI is InChI=1S/C15H22FN3O.HI/c1-3-17-15(18-7-8-20-2)19-14-10-13(14)11-5-4-6-12(16)9-11;/h4-6,9,13-14H,3,7-8,10H2,1-2H3,(H2,17,18,19);1H. The molecule has 1 saturated carbocycles. The summed E-state index contributed by atoms with van der Waals surface area (Å²) in [6.07, 6.45) is 1.01. The van der Waals surface area contributed by atoms with Gasteiger partial charge in [-0.25, -0.2) is 4.39 Å². The molecule has 2 atom stereocenters. The van der Waals surface area contributed by atoms with E-state index in [0.717, 1.165) is 24.5 Å². The van der Waals surface area contributed by atoms with Gasteiger partial charge in [0.15, 0.2) is 5.96 Å². The maximum Gasteiger partial charge on any atom is 0.191 e. The number of nitrogens with one attached hydrogen (secondary N) is 2. The molecule has 0 aliphatic heterocycles. The van der Waals surface area contributed by atoms with E-state index in [4.69, 9.17) is 4.74 Å². The molecule has 0 bridgehead atoms. The third-order valence-corrected chi connectivity index (χ3v) is 3.30. The number of rotatable bonds is 6. The highest BCUT2D eigenvalue weighted by Gasteiger charge is 2.39. The lowest BCUT2D eigenvalue weighted by Gasteiger charge is -2.11. The summed E-state index contributed by atoms with van der Waals surface area (Å²) in [6, 6.07) is 7.16. The number of hydrogen-bond donors (Lipinski definition) is 2. The van der Waals surface area contributed by atoms with Crippen LogP contribution in [0.15, 0.2) is 29.3 Å². The van der Waals surface area contributed by atoms with Gasteiger partial charge < -0.3 is 15.4 Å². The van der Waals surface area contributed by atoms with Gasteiger partial charge in [-0.1, -0.05) is 12.1 Å². The second-order valence-corrected chi connectivity index (χ2v) is 4.90. The first-order valence-electron chi connectivity index (χ1n) is 7.03. The molecule has 1 fully saturated rings. The van der Waals surface area contributed by atoms with Crippen molar-refractivity contribution in [3.05, 3.63) is 35.6 Å². The molecule has 2 rings (SSSR count). The van der Waals surface area contributed by atoms with Crippen molar-refractivity contribution in [3.8, 4) is 0 Å². The molecule has 1 aromatic rings. The molecule has 0 radical (unpaired) electrons. The van der Waals surface area contributed by atoms with Gasteiger partial charge in [-0.05, 0) is 31.0 Å². The summed E-state index contributed by atoms with van der Waals surface area (Å²) in [5.41, 5.74) is 1.05. The van der Waals surface area contributed by atoms with Gasteiger partial charge in [0.2, 0.25) is 0 Å². The lowest BCUT2D eigenvalue weighted by atomic mass is 10.1. The van der Waals surface area contributed by atoms with E-state index >= 15 is 0 Å². The Kier molecular flexibility index (Phi) is 7.95. The number of aliphatic imine (C=N–C) groups is 1. The van der Waals surface area contributed by atoms with E-state index in [1.54, 1.807) is 19.2 Å². The van der Waals surface area contributed by atoms with Gasteiger partial charge in [0.05, 0.1) is 13.2 Å². The first-order chi connectivity index (χ1) is 9.74. The maximum absolute atomic E-state index is 13.2. The summed E-state index contributed by atoms with van der Waals surface area (Å²) in [5.74, 6) is 0.999. The molecule has 0 amide bonds. The van der Waals surface area contributed by atoms with Crippen LogP contribution in [-0.2, 0) is 4.74 Å². The molecule has 1 aromatic carbocycles. The molecule has 0 saturated heterocycles. The van der Waals surface area contributed by atoms with E-state index in [2.05, 4.69) is 15.6 Å². The van der Waals surface area contributed by atoms with Crippen LogP contribution >= 0.6 is 24.0 Å². The van der Waals surface area contributed by atoms with E-state index in [0.29, 0.717) is 25.1 Å². The maximum atomic E-state index is 13.2. The van der Waals surface area contributed by atoms with Gasteiger partial charge in [-0.3, -0.25) is 4.99 Å². The van der Waals surface area contributed by atoms with Crippen molar-refractivity contribution in [2.75, 3.05) is 26.8 Å². The van der Waals surface area contributed by atoms with Crippen molar-refractivity contribution in [3.63, 3.8) is 0 Å². The predicted molar refractivity (Wildman–Crippen MR) is 94.0 cm³/mol. The minimum atomic E-state index is -0.172. The van der Waals surface area contributed by atoms with E-state index in [9.17, 15) is 4.39 Å². The quantitative estimate of drug-likeness (QED) is 0.330. The summed E-state index contributed by atoms with van der Waals surface area (Å²) in [4.78, 5) is 4.42. The minimum Gasteiger partial charge on any atom is -0.383 e. The molecule has 2 N–H and O–H groups in total. The Bertz CT molecular complexity index is 470. The first-order valence-corrected chi connectivity index (χ1v) is 7.03. The fourth-order valence-electron chi connectivity index (χ4n) is 2.20. The van der Waals surface area contributed by atoms with Crippen LogP contribution in [0.1, 0.15) is 24.8 Å². The molecule has 1 aliphatic rings. The first kappa shape index (κ1) is 18.2. The zero-order valence-corrected chi connectivity index (χ0v) is 14.8. The van der Waals surface area contributed by atoms with E-state index in [1.165, 1.54) is 6.07 Å². The molecule has 0 spiro atoms. The Morgan fingerprint density at radius 3 is 2.95 bits per heavy atom. The molecule has 4 nitrogen and oxygen atoms in total. The lowest BCUT2D eigenvalue weighted by molar-refractivity contribution is 0.208. The highest BCUT2D eigenvalue weighted by molar-refractivity contribution is 14.0. The number of hydrogen-bond acceptors (Lipinski definition) is 2. The molecule has 2 unspecified atom stereocenters. The Hall–Kier alpha value is -0.890. The van der Waals surface area contributed by atoms with Gasteiger partial charge in [0.25, 0.3) is 0 Å². The van der Waals surface area contributed by atoms with E-state index in [1.807, 2.05) is 13.0 Å². The summed E-state index contributed by atoms with van der Waals surface area (Å²) in [7, 11) is 1.66. The van der Waals surface area contributed by atoms with Crippen molar-refractivity contribution in [1.82, 2.24) is 10.6 Å². The smallest absolute Gasteiger partial charge is 0.191 e. The van der Waals surface area contributed by atoms with Gasteiger partial charge in [-0.2, -0.15) is 0 Å². The molecule has 0 heterocycles. The van der Waals surface area contributed by atoms with Crippen LogP contribution in [0.2, 0.25) is 0 Å². The van der Waals surface area contributed by atoms with Gasteiger partial charge in [0, 0.05) is 25.6 Å². The summed E-state index contributed by atoms with van der Waals surface area (Å²) in [5, 5.41) is 6.59. The number of nitrogens with zero attached hydrogens (tertiary/aromatic N) is 1. The van der Waals surface area contributed by atoms with Crippen LogP contribution in [0.4, 0.5) is 4.39 Å². The summed E-state index contributed by atoms with van der Waals surface area (Å²) in [6.45, 7) is 4.08. The van der Waals surface area contributed by atoms with Crippen LogP contribution in [-0.4, -0.2) is 38.8 Å². The molecular weight excluding hydrogens is 384 g/mol. The Labute approximate surface area is 142 Å². The molecule has 0 aromatic heterocycles. The summed E-state index contributed by atoms with van der Waals surface area (Å²) >= 11 is 0. The third kappa shape index (κ3) is 5.78. The van der Waals surface area contributed by atoms with Crippen molar-refractivity contribution in [2.45, 2.75) is 25.3 Å². The zero-order chi connectivity index (χ0) is 14.4. The van der Waals surface area contributed by atoms with Crippen LogP contribution in [0.25, 0.3) is 0 Å². The van der Waals surface area contributed by atoms with Crippen LogP contribution in [0.3, 0.4) is 0 Å². The number of ether oxygens (including phenoxy) is 1. The highest BCUT2D eigenvalue weighted by atomic mass is 127. The van der Waals surface area contributed by atoms with Gasteiger partial charge >= 0.3 is 0 Å². The third-order valence-electron chi connectivity index (χ3n) is 3.30. The summed E-state index contributed by atoms with van der Waals surface area (Å²) < 4.78 is 18.2. The second kappa shape index (κ2) is 9.19. The number of halogens is 2. The fraction of sp³-hybridized carbons (Fsp3) is 0.533. The van der Waals surface area contributed by atoms with Crippen LogP contribution in [0, 0.1) is 5.82 Å². The van der Waals surface area contributed by atoms with E-state index in [-0.39, 0.29) is 29.8 Å². The molecular formula is C15H23FIN3O. The van der Waals surface area contributed by atoms with Crippen molar-refractivity contribution in [1.29, 1.82) is 0 Å². The number of guanidine groups is 1. The average molecular weight is 407 g/mol. The number of benzene rings is 1. The van der Waals surface area contributed by atoms with Crippen molar-refractivity contribution < 1.29 is 9.13 Å². The normalized spacial score (nSPS) is 20.6. The second-order valence-electron chi connectivity index (χ2n) is 4.90. The van der Waals surface area contributed by atoms with Crippen molar-refractivity contribution in [2.24, 2.45) is 4.99 Å². The monoisotopic (exact) mass is 407 g/mol. The Morgan fingerprint density at radius 2 is 2.29 bits per heavy atom.